The van der Waals surface area contributed by atoms with Crippen LogP contribution in [0, 0.1) is 12.3 Å². The van der Waals surface area contributed by atoms with Gasteiger partial charge in [-0.1, -0.05) is 43.2 Å². The first-order valence-corrected chi connectivity index (χ1v) is 9.79. The molecule has 0 bridgehead atoms. The Morgan fingerprint density at radius 3 is 2.64 bits per heavy atom. The maximum Gasteiger partial charge on any atom is 0.144 e. The summed E-state index contributed by atoms with van der Waals surface area (Å²) in [7, 11) is 0. The molecular weight excluding hydrogens is 350 g/mol. The van der Waals surface area contributed by atoms with E-state index in [4.69, 9.17) is 6.42 Å². The van der Waals surface area contributed by atoms with Gasteiger partial charge in [0.1, 0.15) is 11.3 Å². The third-order valence-corrected chi connectivity index (χ3v) is 5.94. The molecule has 2 aromatic carbocycles. The van der Waals surface area contributed by atoms with Gasteiger partial charge >= 0.3 is 0 Å². The lowest BCUT2D eigenvalue weighted by Crippen LogP contribution is -2.62. The van der Waals surface area contributed by atoms with E-state index in [0.29, 0.717) is 0 Å². The molecule has 5 N–H and O–H groups in total. The van der Waals surface area contributed by atoms with Crippen LogP contribution in [0.2, 0.25) is 0 Å². The van der Waals surface area contributed by atoms with Crippen LogP contribution in [0.1, 0.15) is 55.1 Å². The number of aliphatic hydroxyl groups is 1. The van der Waals surface area contributed by atoms with Crippen LogP contribution >= 0.6 is 0 Å². The van der Waals surface area contributed by atoms with Crippen LogP contribution in [-0.4, -0.2) is 21.9 Å². The number of hydrogen-bond donors (Lipinski definition) is 5. The maximum atomic E-state index is 10.1. The minimum absolute atomic E-state index is 0.119. The number of aromatic hydroxyl groups is 1. The second-order valence-corrected chi connectivity index (χ2v) is 8.15. The van der Waals surface area contributed by atoms with Gasteiger partial charge in [-0.3, -0.25) is 5.32 Å². The summed E-state index contributed by atoms with van der Waals surface area (Å²) in [4.78, 5) is 0. The van der Waals surface area contributed by atoms with Crippen molar-refractivity contribution in [3.05, 3.63) is 64.7 Å². The van der Waals surface area contributed by atoms with Crippen molar-refractivity contribution >= 4 is 0 Å². The first-order valence-electron chi connectivity index (χ1n) is 9.79. The summed E-state index contributed by atoms with van der Waals surface area (Å²) in [6.07, 6.45) is 8.27. The third kappa shape index (κ3) is 3.09. The van der Waals surface area contributed by atoms with Crippen molar-refractivity contribution < 1.29 is 10.2 Å². The van der Waals surface area contributed by atoms with Crippen LogP contribution in [0.25, 0.3) is 0 Å². The van der Waals surface area contributed by atoms with Gasteiger partial charge in [-0.25, -0.2) is 10.9 Å². The number of fused-ring (bicyclic) bond motifs is 1. The Labute approximate surface area is 166 Å². The molecule has 2 unspecified atom stereocenters. The van der Waals surface area contributed by atoms with Crippen molar-refractivity contribution in [3.63, 3.8) is 0 Å². The molecule has 1 fully saturated rings. The largest absolute Gasteiger partial charge is 0.508 e. The molecule has 0 amide bonds. The SMILES string of the molecule is C#CC1(c2cccc(O)c2)NNC(NC2CC(C)(O)C2)c2c(CC)cccc21. The summed E-state index contributed by atoms with van der Waals surface area (Å²) < 4.78 is 0. The van der Waals surface area contributed by atoms with Gasteiger partial charge in [-0.2, -0.15) is 0 Å². The Morgan fingerprint density at radius 2 is 2.00 bits per heavy atom. The van der Waals surface area contributed by atoms with Gasteiger partial charge in [0.2, 0.25) is 0 Å². The standard InChI is InChI=1S/C23H27N3O2/c1-4-15-8-6-11-19-20(15)21(24-17-13-22(3,28)14-17)25-26-23(19,5-2)16-9-7-10-18(27)12-16/h2,6-12,17,21,24-28H,4,13-14H2,1,3H3. The predicted molar refractivity (Wildman–Crippen MR) is 109 cm³/mol. The molecule has 0 aromatic heterocycles. The monoisotopic (exact) mass is 377 g/mol. The molecule has 2 aromatic rings. The van der Waals surface area contributed by atoms with E-state index in [1.165, 1.54) is 5.56 Å². The number of nitrogens with one attached hydrogen (secondary N) is 3. The molecule has 2 aliphatic rings. The molecule has 1 saturated carbocycles. The summed E-state index contributed by atoms with van der Waals surface area (Å²) in [5, 5.41) is 23.7. The molecule has 0 spiro atoms. The predicted octanol–water partition coefficient (Wildman–Crippen LogP) is 2.44. The molecule has 1 heterocycles. The van der Waals surface area contributed by atoms with Gasteiger partial charge in [-0.05, 0) is 60.6 Å². The average molecular weight is 377 g/mol. The van der Waals surface area contributed by atoms with Crippen LogP contribution in [-0.2, 0) is 12.0 Å². The summed E-state index contributed by atoms with van der Waals surface area (Å²) in [6, 6.07) is 13.5. The number of hydrogen-bond acceptors (Lipinski definition) is 5. The third-order valence-electron chi connectivity index (χ3n) is 5.94. The fourth-order valence-electron chi connectivity index (χ4n) is 4.55. The summed E-state index contributed by atoms with van der Waals surface area (Å²) in [6.45, 7) is 4.00. The van der Waals surface area contributed by atoms with Crippen molar-refractivity contribution in [1.82, 2.24) is 16.2 Å². The molecule has 4 rings (SSSR count). The average Bonchev–Trinajstić information content (AvgIpc) is 2.66. The normalized spacial score (nSPS) is 31.5. The molecule has 146 valence electrons. The van der Waals surface area contributed by atoms with Crippen LogP contribution in [0.4, 0.5) is 0 Å². The Hall–Kier alpha value is -2.36. The van der Waals surface area contributed by atoms with Crippen LogP contribution in [0.3, 0.4) is 0 Å². The lowest BCUT2D eigenvalue weighted by molar-refractivity contribution is -0.0440. The van der Waals surface area contributed by atoms with Gasteiger partial charge in [-0.15, -0.1) is 6.42 Å². The highest BCUT2D eigenvalue weighted by Crippen LogP contribution is 2.40. The highest BCUT2D eigenvalue weighted by atomic mass is 16.3. The molecule has 1 aliphatic carbocycles. The van der Waals surface area contributed by atoms with Crippen molar-refractivity contribution in [1.29, 1.82) is 0 Å². The van der Waals surface area contributed by atoms with Gasteiger partial charge in [0.25, 0.3) is 0 Å². The number of hydrazine groups is 1. The van der Waals surface area contributed by atoms with Crippen molar-refractivity contribution in [2.75, 3.05) is 0 Å². The van der Waals surface area contributed by atoms with E-state index in [-0.39, 0.29) is 18.0 Å². The topological polar surface area (TPSA) is 76.5 Å². The molecular formula is C23H27N3O2. The molecule has 5 nitrogen and oxygen atoms in total. The molecule has 1 aliphatic heterocycles. The first-order chi connectivity index (χ1) is 13.4. The molecule has 2 atom stereocenters. The quantitative estimate of drug-likeness (QED) is 0.529. The number of terminal acetylenes is 1. The van der Waals surface area contributed by atoms with Gasteiger partial charge in [0, 0.05) is 6.04 Å². The summed E-state index contributed by atoms with van der Waals surface area (Å²) in [5.41, 5.74) is 9.39. The minimum atomic E-state index is -0.886. The molecule has 5 heteroatoms. The van der Waals surface area contributed by atoms with Crippen LogP contribution in [0.5, 0.6) is 5.75 Å². The van der Waals surface area contributed by atoms with Crippen LogP contribution in [0.15, 0.2) is 42.5 Å². The van der Waals surface area contributed by atoms with Gasteiger partial charge in [0.15, 0.2) is 0 Å². The van der Waals surface area contributed by atoms with Gasteiger partial charge in [0.05, 0.1) is 11.8 Å². The molecule has 0 radical (unpaired) electrons. The highest BCUT2D eigenvalue weighted by Gasteiger charge is 2.44. The summed E-state index contributed by atoms with van der Waals surface area (Å²) in [5.74, 6) is 3.11. The van der Waals surface area contributed by atoms with Crippen molar-refractivity contribution in [2.45, 2.75) is 56.5 Å². The van der Waals surface area contributed by atoms with E-state index in [1.807, 2.05) is 19.1 Å². The fraction of sp³-hybridized carbons (Fsp3) is 0.391. The van der Waals surface area contributed by atoms with Gasteiger partial charge < -0.3 is 10.2 Å². The van der Waals surface area contributed by atoms with E-state index >= 15 is 0 Å². The Kier molecular flexibility index (Phi) is 4.68. The lowest BCUT2D eigenvalue weighted by atomic mass is 9.75. The van der Waals surface area contributed by atoms with E-state index in [0.717, 1.165) is 36.0 Å². The number of aryl methyl sites for hydroxylation is 1. The maximum absolute atomic E-state index is 10.1. The number of phenolic OH excluding ortho intramolecular Hbond substituents is 1. The first kappa shape index (κ1) is 19.0. The van der Waals surface area contributed by atoms with Crippen LogP contribution < -0.4 is 16.2 Å². The zero-order chi connectivity index (χ0) is 19.9. The van der Waals surface area contributed by atoms with Crippen molar-refractivity contribution in [2.24, 2.45) is 0 Å². The highest BCUT2D eigenvalue weighted by molar-refractivity contribution is 5.55. The van der Waals surface area contributed by atoms with E-state index in [1.54, 1.807) is 18.2 Å². The molecule has 0 saturated heterocycles. The van der Waals surface area contributed by atoms with E-state index in [9.17, 15) is 10.2 Å². The lowest BCUT2D eigenvalue weighted by Gasteiger charge is -2.47. The van der Waals surface area contributed by atoms with E-state index < -0.39 is 11.1 Å². The zero-order valence-electron chi connectivity index (χ0n) is 16.3. The number of phenols is 1. The smallest absolute Gasteiger partial charge is 0.144 e. The minimum Gasteiger partial charge on any atom is -0.508 e. The Morgan fingerprint density at radius 1 is 1.25 bits per heavy atom. The summed E-state index contributed by atoms with van der Waals surface area (Å²) >= 11 is 0. The second-order valence-electron chi connectivity index (χ2n) is 8.15. The Bertz CT molecular complexity index is 926. The zero-order valence-corrected chi connectivity index (χ0v) is 16.3. The number of rotatable bonds is 4. The van der Waals surface area contributed by atoms with E-state index in [2.05, 4.69) is 41.1 Å². The second kappa shape index (κ2) is 6.91. The fourth-order valence-corrected chi connectivity index (χ4v) is 4.55. The molecule has 28 heavy (non-hydrogen) atoms. The van der Waals surface area contributed by atoms with Crippen molar-refractivity contribution in [3.8, 4) is 18.1 Å². The number of benzene rings is 2. The Balaban J connectivity index is 1.78.